The molecule has 0 aliphatic carbocycles. The Kier molecular flexibility index (Phi) is 8.25. The van der Waals surface area contributed by atoms with Crippen molar-refractivity contribution in [2.75, 3.05) is 19.6 Å². The van der Waals surface area contributed by atoms with Crippen LogP contribution in [0.15, 0.2) is 24.3 Å². The number of nitrogens with one attached hydrogen (secondary N) is 2. The first-order valence-electron chi connectivity index (χ1n) is 9.95. The molecule has 27 heavy (non-hydrogen) atoms. The van der Waals surface area contributed by atoms with E-state index in [2.05, 4.69) is 46.7 Å². The number of rotatable bonds is 8. The molecule has 2 amide bonds. The highest BCUT2D eigenvalue weighted by atomic mass is 16.2. The highest BCUT2D eigenvalue weighted by Crippen LogP contribution is 2.18. The minimum atomic E-state index is -0.590. The van der Waals surface area contributed by atoms with Gasteiger partial charge in [-0.25, -0.2) is 0 Å². The molecule has 0 spiro atoms. The van der Waals surface area contributed by atoms with E-state index in [1.165, 1.54) is 31.5 Å². The molecule has 1 unspecified atom stereocenters. The zero-order valence-corrected chi connectivity index (χ0v) is 16.8. The van der Waals surface area contributed by atoms with Gasteiger partial charge in [-0.15, -0.1) is 0 Å². The van der Waals surface area contributed by atoms with Gasteiger partial charge in [0.2, 0.25) is 11.8 Å². The number of hydrogen-bond donors (Lipinski definition) is 3. The maximum atomic E-state index is 11.9. The fourth-order valence-electron chi connectivity index (χ4n) is 3.30. The molecule has 0 aromatic heterocycles. The van der Waals surface area contributed by atoms with Crippen molar-refractivity contribution in [2.45, 2.75) is 52.7 Å². The van der Waals surface area contributed by atoms with Crippen molar-refractivity contribution >= 4 is 11.8 Å². The molecular weight excluding hydrogens is 340 g/mol. The summed E-state index contributed by atoms with van der Waals surface area (Å²) < 4.78 is 0. The number of carbonyl (C=O) groups is 2. The van der Waals surface area contributed by atoms with Crippen molar-refractivity contribution in [3.63, 3.8) is 0 Å². The molecule has 1 aliphatic heterocycles. The first-order valence-corrected chi connectivity index (χ1v) is 9.95. The van der Waals surface area contributed by atoms with E-state index >= 15 is 0 Å². The van der Waals surface area contributed by atoms with E-state index in [1.54, 1.807) is 0 Å². The number of carbonyl (C=O) groups excluding carboxylic acids is 2. The van der Waals surface area contributed by atoms with E-state index in [0.29, 0.717) is 6.54 Å². The maximum Gasteiger partial charge on any atom is 0.239 e. The number of likely N-dealkylation sites (tertiary alicyclic amines) is 1. The summed E-state index contributed by atoms with van der Waals surface area (Å²) in [5.41, 5.74) is 8.10. The lowest BCUT2D eigenvalue weighted by molar-refractivity contribution is -0.127. The van der Waals surface area contributed by atoms with Crippen LogP contribution in [0.4, 0.5) is 0 Å². The van der Waals surface area contributed by atoms with Crippen LogP contribution in [-0.4, -0.2) is 42.4 Å². The lowest BCUT2D eigenvalue weighted by Crippen LogP contribution is -2.47. The topological polar surface area (TPSA) is 87.5 Å². The molecule has 0 saturated carbocycles. The van der Waals surface area contributed by atoms with Crippen LogP contribution in [0.2, 0.25) is 0 Å². The predicted molar refractivity (Wildman–Crippen MR) is 108 cm³/mol. The summed E-state index contributed by atoms with van der Waals surface area (Å²) in [6, 6.07) is 7.77. The van der Waals surface area contributed by atoms with E-state index in [-0.39, 0.29) is 24.3 Å². The molecule has 1 aromatic rings. The third kappa shape index (κ3) is 7.31. The molecule has 0 radical (unpaired) electrons. The van der Waals surface area contributed by atoms with Crippen LogP contribution in [0.5, 0.6) is 0 Å². The second kappa shape index (κ2) is 10.4. The first kappa shape index (κ1) is 21.4. The first-order chi connectivity index (χ1) is 12.8. The summed E-state index contributed by atoms with van der Waals surface area (Å²) in [7, 11) is 0. The zero-order chi connectivity index (χ0) is 19.8. The highest BCUT2D eigenvalue weighted by Gasteiger charge is 2.18. The van der Waals surface area contributed by atoms with Crippen LogP contribution in [-0.2, 0) is 22.7 Å². The average Bonchev–Trinajstić information content (AvgIpc) is 2.64. The predicted octanol–water partition coefficient (Wildman–Crippen LogP) is 1.63. The lowest BCUT2D eigenvalue weighted by Gasteiger charge is -2.30. The molecule has 0 bridgehead atoms. The summed E-state index contributed by atoms with van der Waals surface area (Å²) in [4.78, 5) is 26.2. The number of hydrogen-bond acceptors (Lipinski definition) is 4. The normalized spacial score (nSPS) is 18.9. The van der Waals surface area contributed by atoms with Gasteiger partial charge in [-0.2, -0.15) is 0 Å². The van der Waals surface area contributed by atoms with Crippen LogP contribution in [0.1, 0.15) is 44.7 Å². The van der Waals surface area contributed by atoms with Gasteiger partial charge in [-0.1, -0.05) is 45.0 Å². The number of nitrogens with two attached hydrogens (primary N) is 1. The van der Waals surface area contributed by atoms with Crippen LogP contribution in [0, 0.1) is 11.8 Å². The fourth-order valence-corrected chi connectivity index (χ4v) is 3.30. The van der Waals surface area contributed by atoms with E-state index in [4.69, 9.17) is 5.73 Å². The molecule has 2 atom stereocenters. The largest absolute Gasteiger partial charge is 0.350 e. The van der Waals surface area contributed by atoms with Gasteiger partial charge >= 0.3 is 0 Å². The number of benzene rings is 1. The van der Waals surface area contributed by atoms with E-state index in [9.17, 15) is 9.59 Å². The van der Waals surface area contributed by atoms with Crippen molar-refractivity contribution in [3.8, 4) is 0 Å². The van der Waals surface area contributed by atoms with E-state index in [1.807, 2.05) is 13.8 Å². The monoisotopic (exact) mass is 374 g/mol. The Bertz CT molecular complexity index is 615. The SMILES string of the molecule is CC1CCCN(Cc2ccc(CNC(=O)CNC(=O)[C@@H](N)C(C)C)cc2)C1. The summed E-state index contributed by atoms with van der Waals surface area (Å²) in [5, 5.41) is 5.40. The highest BCUT2D eigenvalue weighted by molar-refractivity contribution is 5.87. The summed E-state index contributed by atoms with van der Waals surface area (Å²) >= 11 is 0. The fraction of sp³-hybridized carbons (Fsp3) is 0.619. The summed E-state index contributed by atoms with van der Waals surface area (Å²) in [6.45, 7) is 9.80. The van der Waals surface area contributed by atoms with Gasteiger partial charge in [-0.3, -0.25) is 14.5 Å². The summed E-state index contributed by atoms with van der Waals surface area (Å²) in [6.07, 6.45) is 2.61. The van der Waals surface area contributed by atoms with Gasteiger partial charge < -0.3 is 16.4 Å². The second-order valence-electron chi connectivity index (χ2n) is 8.06. The Morgan fingerprint density at radius 3 is 2.48 bits per heavy atom. The average molecular weight is 375 g/mol. The molecule has 6 heteroatoms. The Hall–Kier alpha value is -1.92. The quantitative estimate of drug-likeness (QED) is 0.645. The van der Waals surface area contributed by atoms with Crippen molar-refractivity contribution in [3.05, 3.63) is 35.4 Å². The van der Waals surface area contributed by atoms with Crippen LogP contribution in [0.25, 0.3) is 0 Å². The molecule has 150 valence electrons. The molecule has 4 N–H and O–H groups in total. The van der Waals surface area contributed by atoms with E-state index in [0.717, 1.165) is 18.0 Å². The summed E-state index contributed by atoms with van der Waals surface area (Å²) in [5.74, 6) is 0.311. The third-order valence-electron chi connectivity index (χ3n) is 5.10. The minimum absolute atomic E-state index is 0.0414. The van der Waals surface area contributed by atoms with Crippen LogP contribution >= 0.6 is 0 Å². The minimum Gasteiger partial charge on any atom is -0.350 e. The smallest absolute Gasteiger partial charge is 0.239 e. The second-order valence-corrected chi connectivity index (χ2v) is 8.06. The molecule has 2 rings (SSSR count). The molecule has 1 heterocycles. The number of piperidine rings is 1. The Labute approximate surface area is 162 Å². The molecule has 1 fully saturated rings. The Morgan fingerprint density at radius 2 is 1.85 bits per heavy atom. The van der Waals surface area contributed by atoms with Gasteiger partial charge in [0.05, 0.1) is 12.6 Å². The van der Waals surface area contributed by atoms with Gasteiger partial charge in [0.15, 0.2) is 0 Å². The van der Waals surface area contributed by atoms with Crippen LogP contribution in [0.3, 0.4) is 0 Å². The molecular formula is C21H34N4O2. The van der Waals surface area contributed by atoms with Crippen molar-refractivity contribution in [1.29, 1.82) is 0 Å². The van der Waals surface area contributed by atoms with Gasteiger partial charge in [-0.05, 0) is 42.3 Å². The van der Waals surface area contributed by atoms with Crippen molar-refractivity contribution in [2.24, 2.45) is 17.6 Å². The Morgan fingerprint density at radius 1 is 1.19 bits per heavy atom. The van der Waals surface area contributed by atoms with Gasteiger partial charge in [0.1, 0.15) is 0 Å². The third-order valence-corrected chi connectivity index (χ3v) is 5.10. The Balaban J connectivity index is 1.71. The van der Waals surface area contributed by atoms with E-state index < -0.39 is 6.04 Å². The van der Waals surface area contributed by atoms with Gasteiger partial charge in [0.25, 0.3) is 0 Å². The molecule has 1 saturated heterocycles. The maximum absolute atomic E-state index is 11.9. The lowest BCUT2D eigenvalue weighted by atomic mass is 9.99. The standard InChI is InChI=1S/C21H34N4O2/c1-15(2)20(22)21(27)24-12-19(26)23-11-17-6-8-18(9-7-17)14-25-10-4-5-16(3)13-25/h6-9,15-16,20H,4-5,10-14,22H2,1-3H3,(H,23,26)(H,24,27)/t16?,20-/m0/s1. The molecule has 1 aliphatic rings. The molecule has 6 nitrogen and oxygen atoms in total. The van der Waals surface area contributed by atoms with Crippen molar-refractivity contribution in [1.82, 2.24) is 15.5 Å². The number of nitrogens with zero attached hydrogens (tertiary/aromatic N) is 1. The van der Waals surface area contributed by atoms with Gasteiger partial charge in [0, 0.05) is 19.6 Å². The number of amides is 2. The van der Waals surface area contributed by atoms with Crippen LogP contribution < -0.4 is 16.4 Å². The zero-order valence-electron chi connectivity index (χ0n) is 16.8. The van der Waals surface area contributed by atoms with Crippen molar-refractivity contribution < 1.29 is 9.59 Å². The molecule has 1 aromatic carbocycles.